The third kappa shape index (κ3) is 3.01. The largest absolute Gasteiger partial charge is 0.416 e. The minimum Gasteiger partial charge on any atom is -0.320 e. The first kappa shape index (κ1) is 13.3. The third-order valence-electron chi connectivity index (χ3n) is 2.73. The molecule has 19 heavy (non-hydrogen) atoms. The van der Waals surface area contributed by atoms with Crippen LogP contribution < -0.4 is 5.32 Å². The van der Waals surface area contributed by atoms with E-state index in [1.54, 1.807) is 0 Å². The monoisotopic (exact) mass is 274 g/mol. The van der Waals surface area contributed by atoms with Gasteiger partial charge in [-0.2, -0.15) is 13.2 Å². The number of amides is 1. The number of carbonyl (C=O) groups excluding carboxylic acids is 1. The van der Waals surface area contributed by atoms with Crippen LogP contribution in [0.3, 0.4) is 0 Å². The Morgan fingerprint density at radius 1 is 1.37 bits per heavy atom. The molecule has 1 aromatic carbocycles. The number of hydrogen-bond acceptors (Lipinski definition) is 3. The summed E-state index contributed by atoms with van der Waals surface area (Å²) in [6.07, 6.45) is -3.27. The predicted molar refractivity (Wildman–Crippen MR) is 59.5 cm³/mol. The maximum absolute atomic E-state index is 12.5. The lowest BCUT2D eigenvalue weighted by Crippen LogP contribution is -2.15. The summed E-state index contributed by atoms with van der Waals surface area (Å²) in [6, 6.07) is 2.03. The molecule has 1 aromatic rings. The lowest BCUT2D eigenvalue weighted by atomic mass is 10.1. The summed E-state index contributed by atoms with van der Waals surface area (Å²) in [5.74, 6) is -0.593. The minimum atomic E-state index is -4.66. The Morgan fingerprint density at radius 2 is 2.00 bits per heavy atom. The minimum absolute atomic E-state index is 0.193. The second-order valence-electron chi connectivity index (χ2n) is 4.25. The standard InChI is InChI=1S/C11H9F3N2O3/c12-11(13,14)7-3-4-8(9(5-7)16(18)19)15-10(17)6-1-2-6/h3-6H,1-2H2,(H,15,17). The molecule has 1 amide bonds. The van der Waals surface area contributed by atoms with Gasteiger partial charge in [0.25, 0.3) is 5.69 Å². The molecule has 1 fully saturated rings. The van der Waals surface area contributed by atoms with Gasteiger partial charge in [-0.25, -0.2) is 0 Å². The molecule has 102 valence electrons. The first-order valence-electron chi connectivity index (χ1n) is 5.45. The molecule has 1 saturated carbocycles. The topological polar surface area (TPSA) is 72.2 Å². The lowest BCUT2D eigenvalue weighted by molar-refractivity contribution is -0.384. The van der Waals surface area contributed by atoms with Crippen molar-refractivity contribution in [1.82, 2.24) is 0 Å². The van der Waals surface area contributed by atoms with Crippen molar-refractivity contribution in [2.45, 2.75) is 19.0 Å². The second kappa shape index (κ2) is 4.52. The summed E-state index contributed by atoms with van der Waals surface area (Å²) >= 11 is 0. The number of halogens is 3. The maximum atomic E-state index is 12.5. The number of rotatable bonds is 3. The SMILES string of the molecule is O=C(Nc1ccc(C(F)(F)F)cc1[N+](=O)[O-])C1CC1. The number of anilines is 1. The average molecular weight is 274 g/mol. The Morgan fingerprint density at radius 3 is 2.47 bits per heavy atom. The van der Waals surface area contributed by atoms with E-state index in [1.165, 1.54) is 0 Å². The van der Waals surface area contributed by atoms with Gasteiger partial charge >= 0.3 is 6.18 Å². The van der Waals surface area contributed by atoms with Crippen LogP contribution in [0, 0.1) is 16.0 Å². The fourth-order valence-electron chi connectivity index (χ4n) is 1.55. The van der Waals surface area contributed by atoms with Crippen molar-refractivity contribution >= 4 is 17.3 Å². The molecular weight excluding hydrogens is 265 g/mol. The molecule has 0 bridgehead atoms. The van der Waals surface area contributed by atoms with Crippen molar-refractivity contribution in [2.24, 2.45) is 5.92 Å². The summed E-state index contributed by atoms with van der Waals surface area (Å²) in [6.45, 7) is 0. The van der Waals surface area contributed by atoms with Crippen molar-refractivity contribution in [3.63, 3.8) is 0 Å². The van der Waals surface area contributed by atoms with Crippen molar-refractivity contribution < 1.29 is 22.9 Å². The third-order valence-corrected chi connectivity index (χ3v) is 2.73. The molecule has 1 aliphatic carbocycles. The highest BCUT2D eigenvalue weighted by Gasteiger charge is 2.34. The number of hydrogen-bond donors (Lipinski definition) is 1. The van der Waals surface area contributed by atoms with E-state index in [0.29, 0.717) is 25.0 Å². The van der Waals surface area contributed by atoms with E-state index in [-0.39, 0.29) is 11.6 Å². The highest BCUT2D eigenvalue weighted by atomic mass is 19.4. The van der Waals surface area contributed by atoms with Crippen molar-refractivity contribution in [2.75, 3.05) is 5.32 Å². The van der Waals surface area contributed by atoms with E-state index in [0.717, 1.165) is 6.07 Å². The first-order chi connectivity index (χ1) is 8.79. The Kier molecular flexibility index (Phi) is 3.17. The zero-order chi connectivity index (χ0) is 14.2. The van der Waals surface area contributed by atoms with Gasteiger partial charge in [-0.3, -0.25) is 14.9 Å². The van der Waals surface area contributed by atoms with Crippen LogP contribution in [0.2, 0.25) is 0 Å². The van der Waals surface area contributed by atoms with Crippen LogP contribution in [-0.2, 0) is 11.0 Å². The quantitative estimate of drug-likeness (QED) is 0.680. The van der Waals surface area contributed by atoms with Gasteiger partial charge in [0, 0.05) is 12.0 Å². The van der Waals surface area contributed by atoms with Crippen molar-refractivity contribution in [1.29, 1.82) is 0 Å². The number of nitrogens with one attached hydrogen (secondary N) is 1. The first-order valence-corrected chi connectivity index (χ1v) is 5.45. The Bertz CT molecular complexity index is 538. The van der Waals surface area contributed by atoms with Crippen LogP contribution in [0.15, 0.2) is 18.2 Å². The summed E-state index contributed by atoms with van der Waals surface area (Å²) in [5.41, 5.74) is -2.10. The van der Waals surface area contributed by atoms with E-state index in [4.69, 9.17) is 0 Å². The molecule has 0 aromatic heterocycles. The molecule has 0 aliphatic heterocycles. The summed E-state index contributed by atoms with van der Waals surface area (Å²) in [4.78, 5) is 21.3. The van der Waals surface area contributed by atoms with Crippen LogP contribution in [0.25, 0.3) is 0 Å². The van der Waals surface area contributed by atoms with E-state index < -0.39 is 28.3 Å². The molecule has 0 atom stereocenters. The molecule has 0 radical (unpaired) electrons. The van der Waals surface area contributed by atoms with E-state index in [9.17, 15) is 28.1 Å². The highest BCUT2D eigenvalue weighted by Crippen LogP contribution is 2.36. The molecule has 2 rings (SSSR count). The number of carbonyl (C=O) groups is 1. The Labute approximate surface area is 105 Å². The fourth-order valence-corrected chi connectivity index (χ4v) is 1.55. The molecule has 5 nitrogen and oxygen atoms in total. The van der Waals surface area contributed by atoms with Gasteiger partial charge in [-0.15, -0.1) is 0 Å². The highest BCUT2D eigenvalue weighted by molar-refractivity contribution is 5.96. The van der Waals surface area contributed by atoms with E-state index in [1.807, 2.05) is 0 Å². The van der Waals surface area contributed by atoms with Gasteiger partial charge < -0.3 is 5.32 Å². The van der Waals surface area contributed by atoms with Gasteiger partial charge in [-0.1, -0.05) is 0 Å². The molecule has 0 spiro atoms. The van der Waals surface area contributed by atoms with E-state index >= 15 is 0 Å². The van der Waals surface area contributed by atoms with Crippen molar-refractivity contribution in [3.05, 3.63) is 33.9 Å². The normalized spacial score (nSPS) is 15.1. The lowest BCUT2D eigenvalue weighted by Gasteiger charge is -2.09. The van der Waals surface area contributed by atoms with Crippen molar-refractivity contribution in [3.8, 4) is 0 Å². The zero-order valence-corrected chi connectivity index (χ0v) is 9.53. The molecule has 8 heteroatoms. The molecule has 1 aliphatic rings. The fraction of sp³-hybridized carbons (Fsp3) is 0.364. The second-order valence-corrected chi connectivity index (χ2v) is 4.25. The van der Waals surface area contributed by atoms with Crippen LogP contribution in [0.5, 0.6) is 0 Å². The summed E-state index contributed by atoms with van der Waals surface area (Å²) in [5, 5.41) is 13.0. The summed E-state index contributed by atoms with van der Waals surface area (Å²) in [7, 11) is 0. The number of alkyl halides is 3. The molecule has 0 saturated heterocycles. The van der Waals surface area contributed by atoms with Crippen LogP contribution >= 0.6 is 0 Å². The van der Waals surface area contributed by atoms with Gasteiger partial charge in [0.15, 0.2) is 0 Å². The van der Waals surface area contributed by atoms with Gasteiger partial charge in [0.1, 0.15) is 5.69 Å². The van der Waals surface area contributed by atoms with Crippen LogP contribution in [0.1, 0.15) is 18.4 Å². The Hall–Kier alpha value is -2.12. The van der Waals surface area contributed by atoms with E-state index in [2.05, 4.69) is 5.32 Å². The number of nitrogens with zero attached hydrogens (tertiary/aromatic N) is 1. The zero-order valence-electron chi connectivity index (χ0n) is 9.53. The number of benzene rings is 1. The van der Waals surface area contributed by atoms with Gasteiger partial charge in [0.05, 0.1) is 10.5 Å². The number of nitro groups is 1. The van der Waals surface area contributed by atoms with Gasteiger partial charge in [0.2, 0.25) is 5.91 Å². The van der Waals surface area contributed by atoms with Crippen LogP contribution in [0.4, 0.5) is 24.5 Å². The molecular formula is C11H9F3N2O3. The molecule has 0 heterocycles. The summed E-state index contributed by atoms with van der Waals surface area (Å²) < 4.78 is 37.4. The smallest absolute Gasteiger partial charge is 0.320 e. The average Bonchev–Trinajstić information content (AvgIpc) is 3.11. The molecule has 1 N–H and O–H groups in total. The molecule has 0 unspecified atom stereocenters. The Balaban J connectivity index is 2.32. The van der Waals surface area contributed by atoms with Crippen LogP contribution in [-0.4, -0.2) is 10.8 Å². The van der Waals surface area contributed by atoms with Gasteiger partial charge in [-0.05, 0) is 25.0 Å². The number of nitro benzene ring substituents is 1. The predicted octanol–water partition coefficient (Wildman–Crippen LogP) is 2.96. The maximum Gasteiger partial charge on any atom is 0.416 e.